The van der Waals surface area contributed by atoms with Crippen LogP contribution in [-0.2, 0) is 12.8 Å². The maximum absolute atomic E-state index is 9.94. The van der Waals surface area contributed by atoms with Crippen LogP contribution in [-0.4, -0.2) is 29.5 Å². The molecule has 6 nitrogen and oxygen atoms in total. The molecule has 0 atom stereocenters. The van der Waals surface area contributed by atoms with Crippen LogP contribution >= 0.6 is 0 Å². The summed E-state index contributed by atoms with van der Waals surface area (Å²) in [5.74, 6) is 1.71. The van der Waals surface area contributed by atoms with Crippen molar-refractivity contribution in [3.05, 3.63) is 65.3 Å². The molecule has 3 aromatic rings. The number of ether oxygens (including phenoxy) is 2. The van der Waals surface area contributed by atoms with Gasteiger partial charge in [-0.25, -0.2) is 0 Å². The number of rotatable bonds is 7. The Morgan fingerprint density at radius 3 is 2.35 bits per heavy atom. The first-order chi connectivity index (χ1) is 12.7. The van der Waals surface area contributed by atoms with E-state index in [4.69, 9.17) is 14.0 Å². The SMILES string of the molecule is COc1cc(/C=C/c2nc(CCc3ccccc3)no2)cc(OC)c1O. The van der Waals surface area contributed by atoms with Crippen LogP contribution in [0.3, 0.4) is 0 Å². The lowest BCUT2D eigenvalue weighted by atomic mass is 10.1. The van der Waals surface area contributed by atoms with Gasteiger partial charge in [-0.1, -0.05) is 35.5 Å². The number of hydrogen-bond acceptors (Lipinski definition) is 6. The fourth-order valence-electron chi connectivity index (χ4n) is 2.52. The number of nitrogens with zero attached hydrogens (tertiary/aromatic N) is 2. The molecule has 2 aromatic carbocycles. The van der Waals surface area contributed by atoms with Crippen LogP contribution in [0.4, 0.5) is 0 Å². The molecule has 26 heavy (non-hydrogen) atoms. The van der Waals surface area contributed by atoms with E-state index in [0.717, 1.165) is 12.0 Å². The summed E-state index contributed by atoms with van der Waals surface area (Å²) in [6.07, 6.45) is 5.07. The third-order valence-corrected chi connectivity index (χ3v) is 3.88. The Kier molecular flexibility index (Phi) is 5.53. The van der Waals surface area contributed by atoms with Crippen molar-refractivity contribution in [2.45, 2.75) is 12.8 Å². The summed E-state index contributed by atoms with van der Waals surface area (Å²) >= 11 is 0. The maximum atomic E-state index is 9.94. The zero-order valence-corrected chi connectivity index (χ0v) is 14.7. The second-order valence-electron chi connectivity index (χ2n) is 5.64. The van der Waals surface area contributed by atoms with E-state index in [9.17, 15) is 5.11 Å². The predicted octanol–water partition coefficient (Wildman–Crippen LogP) is 3.75. The summed E-state index contributed by atoms with van der Waals surface area (Å²) in [6.45, 7) is 0. The van der Waals surface area contributed by atoms with Crippen molar-refractivity contribution in [3.8, 4) is 17.2 Å². The van der Waals surface area contributed by atoms with E-state index in [1.54, 1.807) is 24.3 Å². The lowest BCUT2D eigenvalue weighted by Gasteiger charge is -2.09. The smallest absolute Gasteiger partial charge is 0.250 e. The Hall–Kier alpha value is -3.28. The van der Waals surface area contributed by atoms with Crippen molar-refractivity contribution >= 4 is 12.2 Å². The minimum absolute atomic E-state index is 0.0341. The van der Waals surface area contributed by atoms with Crippen LogP contribution in [0.15, 0.2) is 47.0 Å². The number of phenols is 1. The van der Waals surface area contributed by atoms with Gasteiger partial charge in [0.15, 0.2) is 17.3 Å². The van der Waals surface area contributed by atoms with Gasteiger partial charge in [0.05, 0.1) is 14.2 Å². The van der Waals surface area contributed by atoms with Gasteiger partial charge in [0.25, 0.3) is 5.89 Å². The summed E-state index contributed by atoms with van der Waals surface area (Å²) in [7, 11) is 2.97. The molecule has 1 N–H and O–H groups in total. The van der Waals surface area contributed by atoms with Gasteiger partial charge < -0.3 is 19.1 Å². The van der Waals surface area contributed by atoms with E-state index < -0.39 is 0 Å². The molecule has 0 amide bonds. The normalized spacial score (nSPS) is 11.0. The molecule has 0 bridgehead atoms. The van der Waals surface area contributed by atoms with Crippen LogP contribution in [0.25, 0.3) is 12.2 Å². The van der Waals surface area contributed by atoms with Crippen molar-refractivity contribution in [1.29, 1.82) is 0 Å². The van der Waals surface area contributed by atoms with Gasteiger partial charge in [-0.05, 0) is 35.8 Å². The third kappa shape index (κ3) is 4.22. The fourth-order valence-corrected chi connectivity index (χ4v) is 2.52. The quantitative estimate of drug-likeness (QED) is 0.698. The number of aryl methyl sites for hydroxylation is 2. The van der Waals surface area contributed by atoms with Gasteiger partial charge in [0.1, 0.15) is 0 Å². The van der Waals surface area contributed by atoms with E-state index >= 15 is 0 Å². The molecule has 6 heteroatoms. The van der Waals surface area contributed by atoms with Crippen molar-refractivity contribution in [2.24, 2.45) is 0 Å². The highest BCUT2D eigenvalue weighted by molar-refractivity contribution is 5.70. The van der Waals surface area contributed by atoms with E-state index in [1.807, 2.05) is 18.2 Å². The Bertz CT molecular complexity index is 863. The minimum atomic E-state index is -0.0341. The number of hydrogen-bond donors (Lipinski definition) is 1. The van der Waals surface area contributed by atoms with Crippen LogP contribution < -0.4 is 9.47 Å². The summed E-state index contributed by atoms with van der Waals surface area (Å²) in [5.41, 5.74) is 2.01. The first-order valence-electron chi connectivity index (χ1n) is 8.19. The number of aromatic nitrogens is 2. The molecular weight excluding hydrogens is 332 g/mol. The molecule has 134 valence electrons. The topological polar surface area (TPSA) is 77.6 Å². The third-order valence-electron chi connectivity index (χ3n) is 3.88. The maximum Gasteiger partial charge on any atom is 0.250 e. The van der Waals surface area contributed by atoms with E-state index in [1.165, 1.54) is 19.8 Å². The summed E-state index contributed by atoms with van der Waals surface area (Å²) < 4.78 is 15.5. The second kappa shape index (κ2) is 8.20. The molecule has 0 spiro atoms. The van der Waals surface area contributed by atoms with Crippen LogP contribution in [0.1, 0.15) is 22.8 Å². The molecule has 0 aliphatic rings. The highest BCUT2D eigenvalue weighted by Crippen LogP contribution is 2.37. The molecule has 0 aliphatic heterocycles. The first-order valence-corrected chi connectivity index (χ1v) is 8.19. The molecule has 3 rings (SSSR count). The molecule has 0 radical (unpaired) electrons. The van der Waals surface area contributed by atoms with Gasteiger partial charge in [0.2, 0.25) is 5.75 Å². The second-order valence-corrected chi connectivity index (χ2v) is 5.64. The van der Waals surface area contributed by atoms with Gasteiger partial charge in [-0.3, -0.25) is 0 Å². The molecule has 0 fully saturated rings. The Labute approximate surface area is 151 Å². The van der Waals surface area contributed by atoms with Crippen molar-refractivity contribution in [2.75, 3.05) is 14.2 Å². The highest BCUT2D eigenvalue weighted by Gasteiger charge is 2.10. The molecule has 1 aromatic heterocycles. The average Bonchev–Trinajstić information content (AvgIpc) is 3.14. The van der Waals surface area contributed by atoms with Gasteiger partial charge >= 0.3 is 0 Å². The van der Waals surface area contributed by atoms with Crippen LogP contribution in [0.2, 0.25) is 0 Å². The molecule has 0 unspecified atom stereocenters. The standard InChI is InChI=1S/C20H20N2O4/c1-24-16-12-15(13-17(25-2)20(16)23)9-11-19-21-18(22-26-19)10-8-14-6-4-3-5-7-14/h3-7,9,11-13,23H,8,10H2,1-2H3/b11-9+. The molecule has 0 aliphatic carbocycles. The highest BCUT2D eigenvalue weighted by atomic mass is 16.5. The van der Waals surface area contributed by atoms with Crippen LogP contribution in [0, 0.1) is 0 Å². The fraction of sp³-hybridized carbons (Fsp3) is 0.200. The lowest BCUT2D eigenvalue weighted by molar-refractivity contribution is 0.340. The van der Waals surface area contributed by atoms with Gasteiger partial charge in [0, 0.05) is 12.5 Å². The molecule has 0 saturated carbocycles. The number of methoxy groups -OCH3 is 2. The Morgan fingerprint density at radius 2 is 1.69 bits per heavy atom. The average molecular weight is 352 g/mol. The minimum Gasteiger partial charge on any atom is -0.502 e. The lowest BCUT2D eigenvalue weighted by Crippen LogP contribution is -1.93. The number of phenolic OH excluding ortho intramolecular Hbond substituents is 1. The predicted molar refractivity (Wildman–Crippen MR) is 98.3 cm³/mol. The van der Waals surface area contributed by atoms with Crippen molar-refractivity contribution in [3.63, 3.8) is 0 Å². The Morgan fingerprint density at radius 1 is 1.00 bits per heavy atom. The van der Waals surface area contributed by atoms with E-state index in [2.05, 4.69) is 22.3 Å². The zero-order valence-electron chi connectivity index (χ0n) is 14.7. The summed E-state index contributed by atoms with van der Waals surface area (Å²) in [5, 5.41) is 13.9. The summed E-state index contributed by atoms with van der Waals surface area (Å²) in [4.78, 5) is 4.37. The molecular formula is C20H20N2O4. The van der Waals surface area contributed by atoms with Crippen molar-refractivity contribution < 1.29 is 19.1 Å². The van der Waals surface area contributed by atoms with E-state index in [0.29, 0.717) is 29.6 Å². The first kappa shape index (κ1) is 17.5. The molecule has 1 heterocycles. The van der Waals surface area contributed by atoms with Gasteiger partial charge in [-0.2, -0.15) is 4.98 Å². The monoisotopic (exact) mass is 352 g/mol. The largest absolute Gasteiger partial charge is 0.502 e. The van der Waals surface area contributed by atoms with Gasteiger partial charge in [-0.15, -0.1) is 0 Å². The van der Waals surface area contributed by atoms with E-state index in [-0.39, 0.29) is 5.75 Å². The van der Waals surface area contributed by atoms with Crippen LogP contribution in [0.5, 0.6) is 17.2 Å². The van der Waals surface area contributed by atoms with Crippen molar-refractivity contribution in [1.82, 2.24) is 10.1 Å². The molecule has 0 saturated heterocycles. The number of aromatic hydroxyl groups is 1. The Balaban J connectivity index is 1.69. The summed E-state index contributed by atoms with van der Waals surface area (Å²) in [6, 6.07) is 13.6. The number of benzene rings is 2. The zero-order chi connectivity index (χ0) is 18.4.